The molecule has 54 heavy (non-hydrogen) atoms. The standard InChI is InChI=1S/C39H54N4O11/c1-47-21-7-17-40-20-26-51-38-16-15-35(27-36(38)40)53-30-33-28-41(39(44)52-23-5-6-25-54-43(45)46)18-19-42(33)32-11-13-34(14-12-32)50-24-8-22-49-29-31-9-3-4-10-37(31)48-2/h3-4,9-16,27,33,45-46H,5-8,17-26,28-30H2,1-2H3/t33-/m1/s1. The summed E-state index contributed by atoms with van der Waals surface area (Å²) in [4.78, 5) is 23.9. The average Bonchev–Trinajstić information content (AvgIpc) is 3.20. The molecule has 0 spiro atoms. The Kier molecular flexibility index (Phi) is 16.6. The summed E-state index contributed by atoms with van der Waals surface area (Å²) < 4.78 is 40.4. The minimum atomic E-state index is -0.403. The summed E-state index contributed by atoms with van der Waals surface area (Å²) in [5.74, 6) is 3.13. The average molecular weight is 755 g/mol. The van der Waals surface area contributed by atoms with Gasteiger partial charge in [-0.05, 0) is 61.7 Å². The van der Waals surface area contributed by atoms with Crippen LogP contribution in [0.3, 0.4) is 0 Å². The fraction of sp³-hybridized carbons (Fsp3) is 0.513. The van der Waals surface area contributed by atoms with E-state index in [1.807, 2.05) is 66.7 Å². The predicted molar refractivity (Wildman–Crippen MR) is 200 cm³/mol. The maximum absolute atomic E-state index is 13.1. The molecule has 0 saturated carbocycles. The van der Waals surface area contributed by atoms with E-state index in [2.05, 4.69) is 14.6 Å². The van der Waals surface area contributed by atoms with Crippen molar-refractivity contribution >= 4 is 17.5 Å². The van der Waals surface area contributed by atoms with Crippen LogP contribution in [0.25, 0.3) is 0 Å². The van der Waals surface area contributed by atoms with E-state index in [4.69, 9.17) is 43.6 Å². The fourth-order valence-electron chi connectivity index (χ4n) is 6.36. The van der Waals surface area contributed by atoms with Gasteiger partial charge in [-0.3, -0.25) is 15.3 Å². The molecule has 1 fully saturated rings. The highest BCUT2D eigenvalue weighted by atomic mass is 17.1. The molecule has 2 N–H and O–H groups in total. The van der Waals surface area contributed by atoms with E-state index in [1.165, 1.54) is 0 Å². The number of methoxy groups -OCH3 is 2. The monoisotopic (exact) mass is 754 g/mol. The SMILES string of the molecule is COCCCN1CCOc2ccc(OC[C@H]3CN(C(=O)OCCCCON(O)O)CCN3c3ccc(OCCCOCc4ccccc4OC)cc3)cc21. The first-order chi connectivity index (χ1) is 26.4. The minimum absolute atomic E-state index is 0.0887. The molecule has 0 aliphatic carbocycles. The van der Waals surface area contributed by atoms with Crippen molar-refractivity contribution in [1.29, 1.82) is 0 Å². The van der Waals surface area contributed by atoms with Gasteiger partial charge in [-0.1, -0.05) is 18.2 Å². The number of para-hydroxylation sites is 1. The van der Waals surface area contributed by atoms with Crippen LogP contribution in [0.1, 0.15) is 31.2 Å². The zero-order valence-corrected chi connectivity index (χ0v) is 31.3. The number of fused-ring (bicyclic) bond motifs is 1. The third-order valence-corrected chi connectivity index (χ3v) is 9.14. The van der Waals surface area contributed by atoms with Crippen LogP contribution >= 0.6 is 0 Å². The number of hydrogen-bond acceptors (Lipinski definition) is 14. The van der Waals surface area contributed by atoms with E-state index >= 15 is 0 Å². The number of rotatable bonds is 22. The molecule has 296 valence electrons. The molecule has 0 bridgehead atoms. The molecule has 1 atom stereocenters. The van der Waals surface area contributed by atoms with Gasteiger partial charge in [0.05, 0.1) is 63.8 Å². The maximum Gasteiger partial charge on any atom is 0.409 e. The second-order valence-electron chi connectivity index (χ2n) is 12.9. The Morgan fingerprint density at radius 1 is 0.852 bits per heavy atom. The van der Waals surface area contributed by atoms with Crippen LogP contribution in [0, 0.1) is 0 Å². The Morgan fingerprint density at radius 2 is 1.67 bits per heavy atom. The molecule has 5 rings (SSSR count). The number of carbonyl (C=O) groups excluding carboxylic acids is 1. The van der Waals surface area contributed by atoms with Gasteiger partial charge in [0.2, 0.25) is 0 Å². The molecule has 3 aromatic rings. The van der Waals surface area contributed by atoms with Crippen molar-refractivity contribution in [2.75, 3.05) is 103 Å². The van der Waals surface area contributed by atoms with Gasteiger partial charge in [0.1, 0.15) is 36.2 Å². The summed E-state index contributed by atoms with van der Waals surface area (Å²) in [6.07, 6.45) is 2.25. The van der Waals surface area contributed by atoms with Crippen molar-refractivity contribution in [3.63, 3.8) is 0 Å². The minimum Gasteiger partial charge on any atom is -0.496 e. The normalized spacial score (nSPS) is 15.5. The summed E-state index contributed by atoms with van der Waals surface area (Å²) >= 11 is 0. The topological polar surface area (TPSA) is 144 Å². The molecule has 1 amide bonds. The van der Waals surface area contributed by atoms with Gasteiger partial charge in [0.15, 0.2) is 0 Å². The first-order valence-electron chi connectivity index (χ1n) is 18.5. The molecule has 1 saturated heterocycles. The predicted octanol–water partition coefficient (Wildman–Crippen LogP) is 5.41. The number of hydrogen-bond donors (Lipinski definition) is 2. The van der Waals surface area contributed by atoms with Crippen molar-refractivity contribution < 1.29 is 53.2 Å². The molecule has 15 heteroatoms. The lowest BCUT2D eigenvalue weighted by molar-refractivity contribution is -0.492. The molecule has 3 aromatic carbocycles. The van der Waals surface area contributed by atoms with Gasteiger partial charge >= 0.3 is 6.09 Å². The van der Waals surface area contributed by atoms with Crippen molar-refractivity contribution in [3.05, 3.63) is 72.3 Å². The number of anilines is 2. The summed E-state index contributed by atoms with van der Waals surface area (Å²) in [5.41, 5.74) is 3.00. The Balaban J connectivity index is 1.16. The van der Waals surface area contributed by atoms with Gasteiger partial charge in [-0.15, -0.1) is 0 Å². The number of unbranched alkanes of at least 4 members (excludes halogenated alkanes) is 1. The summed E-state index contributed by atoms with van der Waals surface area (Å²) in [7, 11) is 3.37. The third-order valence-electron chi connectivity index (χ3n) is 9.14. The largest absolute Gasteiger partial charge is 0.496 e. The van der Waals surface area contributed by atoms with E-state index < -0.39 is 6.09 Å². The van der Waals surface area contributed by atoms with E-state index in [9.17, 15) is 4.79 Å². The lowest BCUT2D eigenvalue weighted by atomic mass is 10.1. The van der Waals surface area contributed by atoms with E-state index in [0.29, 0.717) is 72.1 Å². The molecule has 0 aromatic heterocycles. The van der Waals surface area contributed by atoms with Crippen LogP contribution in [-0.4, -0.2) is 126 Å². The number of amides is 1. The molecule has 2 aliphatic heterocycles. The Morgan fingerprint density at radius 3 is 2.48 bits per heavy atom. The van der Waals surface area contributed by atoms with Gasteiger partial charge in [-0.2, -0.15) is 0 Å². The molecular weight excluding hydrogens is 700 g/mol. The number of piperazine rings is 1. The summed E-state index contributed by atoms with van der Waals surface area (Å²) in [6, 6.07) is 21.5. The van der Waals surface area contributed by atoms with E-state index in [1.54, 1.807) is 19.1 Å². The van der Waals surface area contributed by atoms with Crippen molar-refractivity contribution in [2.45, 2.75) is 38.3 Å². The molecule has 15 nitrogen and oxygen atoms in total. The highest BCUT2D eigenvalue weighted by Gasteiger charge is 2.31. The van der Waals surface area contributed by atoms with Gasteiger partial charge in [0, 0.05) is 63.6 Å². The zero-order valence-electron chi connectivity index (χ0n) is 31.3. The molecule has 0 unspecified atom stereocenters. The van der Waals surface area contributed by atoms with Gasteiger partial charge < -0.3 is 47.9 Å². The van der Waals surface area contributed by atoms with Crippen LogP contribution in [0.2, 0.25) is 0 Å². The Labute approximate surface area is 317 Å². The first kappa shape index (κ1) is 40.7. The van der Waals surface area contributed by atoms with Crippen LogP contribution in [0.15, 0.2) is 66.7 Å². The quantitative estimate of drug-likeness (QED) is 0.0996. The highest BCUT2D eigenvalue weighted by molar-refractivity contribution is 5.68. The Hall–Kier alpha value is -4.51. The Bertz CT molecular complexity index is 1550. The summed E-state index contributed by atoms with van der Waals surface area (Å²) in [5, 5.41) is 17.0. The lowest BCUT2D eigenvalue weighted by Crippen LogP contribution is -2.57. The van der Waals surface area contributed by atoms with E-state index in [-0.39, 0.29) is 24.6 Å². The van der Waals surface area contributed by atoms with Crippen LogP contribution in [0.4, 0.5) is 16.2 Å². The zero-order chi connectivity index (χ0) is 38.0. The van der Waals surface area contributed by atoms with E-state index in [0.717, 1.165) is 65.9 Å². The molecule has 0 radical (unpaired) electrons. The van der Waals surface area contributed by atoms with Crippen LogP contribution < -0.4 is 28.7 Å². The van der Waals surface area contributed by atoms with Crippen molar-refractivity contribution in [3.8, 4) is 23.0 Å². The number of nitrogens with zero attached hydrogens (tertiary/aromatic N) is 4. The van der Waals surface area contributed by atoms with Crippen molar-refractivity contribution in [1.82, 2.24) is 10.3 Å². The molecule has 2 aliphatic rings. The number of ether oxygens (including phenoxy) is 7. The number of carbonyl (C=O) groups is 1. The summed E-state index contributed by atoms with van der Waals surface area (Å²) in [6.45, 7) is 6.58. The van der Waals surface area contributed by atoms with Crippen LogP contribution in [0.5, 0.6) is 23.0 Å². The fourth-order valence-corrected chi connectivity index (χ4v) is 6.36. The second-order valence-corrected chi connectivity index (χ2v) is 12.9. The first-order valence-corrected chi connectivity index (χ1v) is 18.5. The second kappa shape index (κ2) is 22.0. The van der Waals surface area contributed by atoms with Gasteiger partial charge in [-0.25, -0.2) is 4.79 Å². The lowest BCUT2D eigenvalue weighted by Gasteiger charge is -2.42. The molecule has 2 heterocycles. The number of benzene rings is 3. The van der Waals surface area contributed by atoms with Gasteiger partial charge in [0.25, 0.3) is 0 Å². The smallest absolute Gasteiger partial charge is 0.409 e. The van der Waals surface area contributed by atoms with Crippen molar-refractivity contribution in [2.24, 2.45) is 0 Å². The molecular formula is C39H54N4O11. The third kappa shape index (κ3) is 12.5. The highest BCUT2D eigenvalue weighted by Crippen LogP contribution is 2.35. The van der Waals surface area contributed by atoms with Crippen LogP contribution in [-0.2, 0) is 25.7 Å². The maximum atomic E-state index is 13.1.